The average molecular weight is 480 g/mol. The van der Waals surface area contributed by atoms with Crippen molar-refractivity contribution in [2.24, 2.45) is 0 Å². The Kier molecular flexibility index (Phi) is 5.47. The minimum absolute atomic E-state index is 0.0698. The van der Waals surface area contributed by atoms with Crippen molar-refractivity contribution in [1.29, 1.82) is 0 Å². The number of para-hydroxylation sites is 2. The van der Waals surface area contributed by atoms with Crippen LogP contribution in [-0.4, -0.2) is 31.8 Å². The van der Waals surface area contributed by atoms with Crippen LogP contribution >= 0.6 is 11.3 Å². The maximum absolute atomic E-state index is 13.4. The summed E-state index contributed by atoms with van der Waals surface area (Å²) in [6.07, 6.45) is 2.79. The summed E-state index contributed by atoms with van der Waals surface area (Å²) in [5.74, 6) is -0.0698. The molecule has 0 aliphatic heterocycles. The molecule has 0 unspecified atom stereocenters. The molecule has 4 aromatic heterocycles. The summed E-state index contributed by atoms with van der Waals surface area (Å²) in [5.41, 5.74) is 5.78. The quantitative estimate of drug-likeness (QED) is 0.294. The Morgan fingerprint density at radius 1 is 1.03 bits per heavy atom. The molecule has 6 aromatic rings. The summed E-state index contributed by atoms with van der Waals surface area (Å²) < 4.78 is 4.02. The number of carbonyl (C=O) groups is 1. The fourth-order valence-corrected chi connectivity index (χ4v) is 5.46. The summed E-state index contributed by atoms with van der Waals surface area (Å²) >= 11 is 1.66. The normalized spacial score (nSPS) is 11.5. The molecule has 4 heterocycles. The molecule has 6 rings (SSSR count). The van der Waals surface area contributed by atoms with E-state index in [0.717, 1.165) is 39.2 Å². The molecule has 0 bridgehead atoms. The second-order valence-electron chi connectivity index (χ2n) is 8.45. The van der Waals surface area contributed by atoms with Crippen LogP contribution in [0.5, 0.6) is 0 Å². The zero-order chi connectivity index (χ0) is 23.8. The van der Waals surface area contributed by atoms with E-state index in [4.69, 9.17) is 5.10 Å². The summed E-state index contributed by atoms with van der Waals surface area (Å²) in [6, 6.07) is 24.4. The molecule has 0 aliphatic carbocycles. The van der Waals surface area contributed by atoms with Crippen molar-refractivity contribution < 1.29 is 4.79 Å². The number of thiophene rings is 1. The van der Waals surface area contributed by atoms with E-state index in [0.29, 0.717) is 18.8 Å². The lowest BCUT2D eigenvalue weighted by Crippen LogP contribution is -2.28. The zero-order valence-corrected chi connectivity index (χ0v) is 20.2. The number of aromatic amines is 1. The van der Waals surface area contributed by atoms with Crippen LogP contribution in [0, 0.1) is 0 Å². The van der Waals surface area contributed by atoms with Crippen molar-refractivity contribution in [3.05, 3.63) is 95.6 Å². The van der Waals surface area contributed by atoms with Crippen molar-refractivity contribution in [1.82, 2.24) is 24.6 Å². The van der Waals surface area contributed by atoms with E-state index in [1.807, 2.05) is 65.5 Å². The summed E-state index contributed by atoms with van der Waals surface area (Å²) in [6.45, 7) is 3.29. The highest BCUT2D eigenvalue weighted by Crippen LogP contribution is 2.34. The number of carbonyl (C=O) groups excluding carboxylic acids is 1. The van der Waals surface area contributed by atoms with E-state index < -0.39 is 0 Å². The first-order chi connectivity index (χ1) is 17.2. The van der Waals surface area contributed by atoms with Crippen molar-refractivity contribution in [3.63, 3.8) is 0 Å². The van der Waals surface area contributed by atoms with E-state index in [-0.39, 0.29) is 5.91 Å². The van der Waals surface area contributed by atoms with E-state index in [9.17, 15) is 4.79 Å². The Hall–Kier alpha value is -4.10. The van der Waals surface area contributed by atoms with Gasteiger partial charge in [-0.1, -0.05) is 42.5 Å². The van der Waals surface area contributed by atoms with Gasteiger partial charge >= 0.3 is 0 Å². The van der Waals surface area contributed by atoms with Crippen LogP contribution in [0.1, 0.15) is 23.0 Å². The van der Waals surface area contributed by atoms with Crippen molar-refractivity contribution >= 4 is 39.2 Å². The molecule has 0 radical (unpaired) electrons. The Morgan fingerprint density at radius 2 is 1.86 bits per heavy atom. The number of benzene rings is 2. The van der Waals surface area contributed by atoms with E-state index in [1.54, 1.807) is 11.3 Å². The predicted molar refractivity (Wildman–Crippen MR) is 142 cm³/mol. The number of nitrogens with one attached hydrogen (secondary N) is 2. The smallest absolute Gasteiger partial charge is 0.267 e. The van der Waals surface area contributed by atoms with Gasteiger partial charge in [-0.25, -0.2) is 4.68 Å². The maximum atomic E-state index is 13.4. The Morgan fingerprint density at radius 3 is 2.66 bits per heavy atom. The van der Waals surface area contributed by atoms with E-state index in [2.05, 4.69) is 45.4 Å². The summed E-state index contributed by atoms with van der Waals surface area (Å²) in [5, 5.41) is 12.3. The van der Waals surface area contributed by atoms with E-state index >= 15 is 0 Å². The van der Waals surface area contributed by atoms with Crippen molar-refractivity contribution in [2.75, 3.05) is 6.54 Å². The van der Waals surface area contributed by atoms with Crippen LogP contribution < -0.4 is 5.32 Å². The molecular formula is C28H25N5OS. The van der Waals surface area contributed by atoms with Gasteiger partial charge in [-0.05, 0) is 54.6 Å². The number of hydrogen-bond acceptors (Lipinski definition) is 3. The van der Waals surface area contributed by atoms with Crippen molar-refractivity contribution in [3.8, 4) is 16.3 Å². The third kappa shape index (κ3) is 3.74. The number of H-pyrrole nitrogens is 1. The molecule has 35 heavy (non-hydrogen) atoms. The number of rotatable bonds is 7. The first-order valence-electron chi connectivity index (χ1n) is 11.8. The van der Waals surface area contributed by atoms with Gasteiger partial charge in [0.15, 0.2) is 0 Å². The second kappa shape index (κ2) is 8.92. The highest BCUT2D eigenvalue weighted by atomic mass is 32.1. The molecule has 2 aromatic carbocycles. The van der Waals surface area contributed by atoms with Gasteiger partial charge in [-0.15, -0.1) is 11.3 Å². The Bertz CT molecular complexity index is 1620. The largest absolute Gasteiger partial charge is 0.361 e. The maximum Gasteiger partial charge on any atom is 0.267 e. The van der Waals surface area contributed by atoms with Crippen LogP contribution in [0.15, 0.2) is 84.4 Å². The minimum Gasteiger partial charge on any atom is -0.361 e. The number of nitrogens with zero attached hydrogens (tertiary/aromatic N) is 3. The topological polar surface area (TPSA) is 67.6 Å². The van der Waals surface area contributed by atoms with Gasteiger partial charge in [0.1, 0.15) is 17.0 Å². The molecule has 174 valence electrons. The first kappa shape index (κ1) is 21.4. The van der Waals surface area contributed by atoms with Gasteiger partial charge in [0.25, 0.3) is 5.91 Å². The highest BCUT2D eigenvalue weighted by molar-refractivity contribution is 7.13. The molecule has 0 saturated carbocycles. The zero-order valence-electron chi connectivity index (χ0n) is 19.4. The van der Waals surface area contributed by atoms with Gasteiger partial charge in [0.05, 0.1) is 10.6 Å². The fourth-order valence-electron chi connectivity index (χ4n) is 4.74. The standard InChI is InChI=1S/C28H25N5OS/c1-2-32-24(27(34)29-15-14-19-18-30-23-12-7-6-11-21(19)23)17-22-26(25-13-8-16-35-25)31-33(28(22)32)20-9-4-3-5-10-20/h3-13,16-18,30H,2,14-15H2,1H3,(H,29,34). The fraction of sp³-hybridized carbons (Fsp3) is 0.143. The third-order valence-corrected chi connectivity index (χ3v) is 7.26. The van der Waals surface area contributed by atoms with Crippen LogP contribution in [-0.2, 0) is 13.0 Å². The molecule has 6 nitrogen and oxygen atoms in total. The Balaban J connectivity index is 1.35. The lowest BCUT2D eigenvalue weighted by Gasteiger charge is -2.11. The lowest BCUT2D eigenvalue weighted by molar-refractivity contribution is 0.0945. The first-order valence-corrected chi connectivity index (χ1v) is 12.7. The Labute approximate surface area is 206 Å². The number of amides is 1. The molecule has 1 amide bonds. The molecule has 2 N–H and O–H groups in total. The summed E-state index contributed by atoms with van der Waals surface area (Å²) in [4.78, 5) is 17.8. The van der Waals surface area contributed by atoms with Crippen LogP contribution in [0.4, 0.5) is 0 Å². The van der Waals surface area contributed by atoms with Crippen LogP contribution in [0.2, 0.25) is 0 Å². The van der Waals surface area contributed by atoms with Gasteiger partial charge in [0, 0.05) is 35.6 Å². The number of hydrogen-bond donors (Lipinski definition) is 2. The average Bonchev–Trinajstić information content (AvgIpc) is 3.68. The number of aryl methyl sites for hydroxylation is 1. The van der Waals surface area contributed by atoms with Gasteiger partial charge in [0.2, 0.25) is 0 Å². The van der Waals surface area contributed by atoms with Crippen molar-refractivity contribution in [2.45, 2.75) is 19.9 Å². The van der Waals surface area contributed by atoms with Gasteiger partial charge in [-0.3, -0.25) is 4.79 Å². The molecule has 0 atom stereocenters. The number of fused-ring (bicyclic) bond motifs is 2. The molecule has 0 saturated heterocycles. The van der Waals surface area contributed by atoms with Crippen LogP contribution in [0.25, 0.3) is 38.2 Å². The minimum atomic E-state index is -0.0698. The monoisotopic (exact) mass is 479 g/mol. The SMILES string of the molecule is CCn1c(C(=O)NCCc2c[nH]c3ccccc23)cc2c(-c3cccs3)nn(-c3ccccc3)c21. The second-order valence-corrected chi connectivity index (χ2v) is 9.40. The summed E-state index contributed by atoms with van der Waals surface area (Å²) in [7, 11) is 0. The predicted octanol–water partition coefficient (Wildman–Crippen LogP) is 6.03. The highest BCUT2D eigenvalue weighted by Gasteiger charge is 2.23. The van der Waals surface area contributed by atoms with E-state index in [1.165, 1.54) is 10.9 Å². The van der Waals surface area contributed by atoms with Gasteiger partial charge in [-0.2, -0.15) is 5.10 Å². The van der Waals surface area contributed by atoms with Crippen LogP contribution in [0.3, 0.4) is 0 Å². The molecule has 0 spiro atoms. The third-order valence-electron chi connectivity index (χ3n) is 6.38. The molecule has 0 fully saturated rings. The number of aromatic nitrogens is 4. The lowest BCUT2D eigenvalue weighted by atomic mass is 10.1. The molecular weight excluding hydrogens is 454 g/mol. The van der Waals surface area contributed by atoms with Gasteiger partial charge < -0.3 is 14.9 Å². The molecule has 7 heteroatoms. The molecule has 0 aliphatic rings.